The molecule has 6 nitrogen and oxygen atoms in total. The topological polar surface area (TPSA) is 56.1 Å². The molecule has 2 aromatic carbocycles. The molecular formula is C16H17N5O. The van der Waals surface area contributed by atoms with E-state index in [-0.39, 0.29) is 0 Å². The van der Waals surface area contributed by atoms with Crippen molar-refractivity contribution in [2.75, 3.05) is 26.3 Å². The molecule has 0 amide bonds. The fourth-order valence-electron chi connectivity index (χ4n) is 2.84. The van der Waals surface area contributed by atoms with Crippen LogP contribution < -0.4 is 0 Å². The fourth-order valence-corrected chi connectivity index (χ4v) is 2.84. The Balaban J connectivity index is 1.71. The third-order valence-corrected chi connectivity index (χ3v) is 4.00. The Morgan fingerprint density at radius 1 is 1.00 bits per heavy atom. The van der Waals surface area contributed by atoms with Crippen molar-refractivity contribution in [1.29, 1.82) is 0 Å². The second-order valence-corrected chi connectivity index (χ2v) is 5.39. The van der Waals surface area contributed by atoms with Crippen molar-refractivity contribution in [2.45, 2.75) is 6.54 Å². The van der Waals surface area contributed by atoms with Crippen LogP contribution in [0, 0.1) is 0 Å². The summed E-state index contributed by atoms with van der Waals surface area (Å²) in [5.41, 5.74) is 1.02. The second kappa shape index (κ2) is 5.82. The molecule has 1 fully saturated rings. The Hall–Kier alpha value is -2.31. The summed E-state index contributed by atoms with van der Waals surface area (Å²) in [4.78, 5) is 2.32. The van der Waals surface area contributed by atoms with Gasteiger partial charge >= 0.3 is 0 Å². The molecular weight excluding hydrogens is 278 g/mol. The lowest BCUT2D eigenvalue weighted by Gasteiger charge is -2.25. The van der Waals surface area contributed by atoms with E-state index in [0.29, 0.717) is 0 Å². The van der Waals surface area contributed by atoms with Crippen LogP contribution in [0.1, 0.15) is 5.82 Å². The Kier molecular flexibility index (Phi) is 3.54. The molecule has 0 spiro atoms. The maximum atomic E-state index is 5.39. The van der Waals surface area contributed by atoms with E-state index in [9.17, 15) is 0 Å². The molecule has 0 N–H and O–H groups in total. The van der Waals surface area contributed by atoms with Crippen molar-refractivity contribution >= 4 is 10.8 Å². The van der Waals surface area contributed by atoms with Crippen LogP contribution in [-0.4, -0.2) is 51.4 Å². The first-order valence-electron chi connectivity index (χ1n) is 7.47. The number of nitrogens with zero attached hydrogens (tertiary/aromatic N) is 5. The third-order valence-electron chi connectivity index (χ3n) is 4.00. The lowest BCUT2D eigenvalue weighted by atomic mass is 10.1. The fraction of sp³-hybridized carbons (Fsp3) is 0.312. The molecule has 6 heteroatoms. The van der Waals surface area contributed by atoms with Gasteiger partial charge < -0.3 is 4.74 Å². The maximum absolute atomic E-state index is 5.39. The van der Waals surface area contributed by atoms with Gasteiger partial charge in [0.25, 0.3) is 0 Å². The SMILES string of the molecule is c1ccc2c(-n3nnnc3CN3CCOCC3)cccc2c1. The van der Waals surface area contributed by atoms with Gasteiger partial charge in [0.05, 0.1) is 25.4 Å². The van der Waals surface area contributed by atoms with E-state index in [2.05, 4.69) is 44.7 Å². The monoisotopic (exact) mass is 295 g/mol. The molecule has 0 saturated carbocycles. The summed E-state index contributed by atoms with van der Waals surface area (Å²) in [6, 6.07) is 14.5. The smallest absolute Gasteiger partial charge is 0.170 e. The number of hydrogen-bond acceptors (Lipinski definition) is 5. The van der Waals surface area contributed by atoms with Gasteiger partial charge in [0.1, 0.15) is 0 Å². The summed E-state index contributed by atoms with van der Waals surface area (Å²) >= 11 is 0. The van der Waals surface area contributed by atoms with Gasteiger partial charge in [0.2, 0.25) is 0 Å². The second-order valence-electron chi connectivity index (χ2n) is 5.39. The predicted molar refractivity (Wildman–Crippen MR) is 82.8 cm³/mol. The number of benzene rings is 2. The van der Waals surface area contributed by atoms with Crippen molar-refractivity contribution in [1.82, 2.24) is 25.1 Å². The Morgan fingerprint density at radius 3 is 2.73 bits per heavy atom. The molecule has 0 radical (unpaired) electrons. The normalized spacial score (nSPS) is 16.2. The standard InChI is InChI=1S/C16H17N5O/c1-2-6-14-13(4-1)5-3-7-15(14)21-16(17-18-19-21)12-20-8-10-22-11-9-20/h1-7H,8-12H2. The van der Waals surface area contributed by atoms with E-state index in [1.165, 1.54) is 5.39 Å². The minimum atomic E-state index is 0.736. The Bertz CT molecular complexity index is 774. The zero-order chi connectivity index (χ0) is 14.8. The van der Waals surface area contributed by atoms with Crippen molar-refractivity contribution in [2.24, 2.45) is 0 Å². The molecule has 4 rings (SSSR count). The molecule has 0 unspecified atom stereocenters. The van der Waals surface area contributed by atoms with E-state index >= 15 is 0 Å². The van der Waals surface area contributed by atoms with Gasteiger partial charge in [-0.3, -0.25) is 4.90 Å². The molecule has 0 bridgehead atoms. The van der Waals surface area contributed by atoms with Crippen molar-refractivity contribution in [3.63, 3.8) is 0 Å². The molecule has 3 aromatic rings. The third kappa shape index (κ3) is 2.47. The summed E-state index contributed by atoms with van der Waals surface area (Å²) in [7, 11) is 0. The predicted octanol–water partition coefficient (Wildman–Crippen LogP) is 1.65. The van der Waals surface area contributed by atoms with E-state index in [0.717, 1.165) is 49.7 Å². The van der Waals surface area contributed by atoms with Crippen molar-refractivity contribution in [3.8, 4) is 5.69 Å². The number of tetrazole rings is 1. The first-order chi connectivity index (χ1) is 10.9. The van der Waals surface area contributed by atoms with Gasteiger partial charge in [-0.1, -0.05) is 36.4 Å². The highest BCUT2D eigenvalue weighted by Crippen LogP contribution is 2.22. The molecule has 112 valence electrons. The molecule has 1 aliphatic rings. The molecule has 1 saturated heterocycles. The maximum Gasteiger partial charge on any atom is 0.170 e. The van der Waals surface area contributed by atoms with Gasteiger partial charge in [-0.15, -0.1) is 5.10 Å². The van der Waals surface area contributed by atoms with Crippen molar-refractivity contribution < 1.29 is 4.74 Å². The summed E-state index contributed by atoms with van der Waals surface area (Å²) in [6.07, 6.45) is 0. The van der Waals surface area contributed by atoms with Crippen LogP contribution in [0.25, 0.3) is 16.5 Å². The Labute approximate surface area is 128 Å². The minimum Gasteiger partial charge on any atom is -0.379 e. The van der Waals surface area contributed by atoms with E-state index in [1.807, 2.05) is 22.9 Å². The quantitative estimate of drug-likeness (QED) is 0.735. The van der Waals surface area contributed by atoms with Gasteiger partial charge in [-0.2, -0.15) is 4.68 Å². The number of morpholine rings is 1. The van der Waals surface area contributed by atoms with Crippen LogP contribution in [0.2, 0.25) is 0 Å². The number of ether oxygens (including phenoxy) is 1. The van der Waals surface area contributed by atoms with Crippen molar-refractivity contribution in [3.05, 3.63) is 48.3 Å². The zero-order valence-electron chi connectivity index (χ0n) is 12.2. The Morgan fingerprint density at radius 2 is 1.82 bits per heavy atom. The number of aromatic nitrogens is 4. The van der Waals surface area contributed by atoms with Crippen LogP contribution in [-0.2, 0) is 11.3 Å². The van der Waals surface area contributed by atoms with Gasteiger partial charge in [-0.05, 0) is 21.9 Å². The van der Waals surface area contributed by atoms with Gasteiger partial charge in [-0.25, -0.2) is 0 Å². The number of rotatable bonds is 3. The number of fused-ring (bicyclic) bond motifs is 1. The molecule has 0 atom stereocenters. The molecule has 22 heavy (non-hydrogen) atoms. The van der Waals surface area contributed by atoms with Crippen LogP contribution in [0.5, 0.6) is 0 Å². The lowest BCUT2D eigenvalue weighted by Crippen LogP contribution is -2.36. The lowest BCUT2D eigenvalue weighted by molar-refractivity contribution is 0.0327. The van der Waals surface area contributed by atoms with Crippen LogP contribution in [0.3, 0.4) is 0 Å². The van der Waals surface area contributed by atoms with Crippen LogP contribution >= 0.6 is 0 Å². The molecule has 1 aliphatic heterocycles. The highest BCUT2D eigenvalue weighted by Gasteiger charge is 2.16. The summed E-state index contributed by atoms with van der Waals surface area (Å²) in [6.45, 7) is 4.12. The first-order valence-corrected chi connectivity index (χ1v) is 7.47. The van der Waals surface area contributed by atoms with Crippen LogP contribution in [0.15, 0.2) is 42.5 Å². The van der Waals surface area contributed by atoms with Gasteiger partial charge in [0.15, 0.2) is 5.82 Å². The van der Waals surface area contributed by atoms with E-state index < -0.39 is 0 Å². The highest BCUT2D eigenvalue weighted by atomic mass is 16.5. The minimum absolute atomic E-state index is 0.736. The zero-order valence-corrected chi connectivity index (χ0v) is 12.2. The van der Waals surface area contributed by atoms with Crippen LogP contribution in [0.4, 0.5) is 0 Å². The summed E-state index contributed by atoms with van der Waals surface area (Å²) < 4.78 is 7.24. The van der Waals surface area contributed by atoms with E-state index in [4.69, 9.17) is 4.74 Å². The largest absolute Gasteiger partial charge is 0.379 e. The average molecular weight is 295 g/mol. The summed E-state index contributed by atoms with van der Waals surface area (Å²) in [5, 5.41) is 14.6. The first kappa shape index (κ1) is 13.4. The highest BCUT2D eigenvalue weighted by molar-refractivity contribution is 5.89. The number of hydrogen-bond donors (Lipinski definition) is 0. The van der Waals surface area contributed by atoms with E-state index in [1.54, 1.807) is 0 Å². The average Bonchev–Trinajstić information content (AvgIpc) is 3.03. The molecule has 0 aliphatic carbocycles. The molecule has 1 aromatic heterocycles. The molecule has 2 heterocycles. The summed E-state index contributed by atoms with van der Waals surface area (Å²) in [5.74, 6) is 0.859. The van der Waals surface area contributed by atoms with Gasteiger partial charge in [0, 0.05) is 18.5 Å².